The van der Waals surface area contributed by atoms with Crippen LogP contribution in [0.3, 0.4) is 0 Å². The maximum absolute atomic E-state index is 10.7. The molecule has 0 saturated carbocycles. The Bertz CT molecular complexity index is 658. The van der Waals surface area contributed by atoms with Crippen molar-refractivity contribution in [1.29, 1.82) is 0 Å². The zero-order valence-electron chi connectivity index (χ0n) is 12.0. The molecule has 0 aliphatic carbocycles. The summed E-state index contributed by atoms with van der Waals surface area (Å²) >= 11 is 6.08. The predicted octanol–water partition coefficient (Wildman–Crippen LogP) is 4.41. The highest BCUT2D eigenvalue weighted by molar-refractivity contribution is 6.31. The number of nitro benzene ring substituents is 1. The molecule has 5 heteroatoms. The van der Waals surface area contributed by atoms with Crippen molar-refractivity contribution in [3.8, 4) is 0 Å². The van der Waals surface area contributed by atoms with Crippen molar-refractivity contribution in [3.05, 3.63) is 74.3 Å². The van der Waals surface area contributed by atoms with E-state index in [1.807, 2.05) is 6.07 Å². The van der Waals surface area contributed by atoms with Crippen LogP contribution in [-0.2, 0) is 6.54 Å². The van der Waals surface area contributed by atoms with Gasteiger partial charge in [0.15, 0.2) is 0 Å². The number of aryl methyl sites for hydroxylation is 1. The minimum absolute atomic E-state index is 0.00971. The highest BCUT2D eigenvalue weighted by atomic mass is 35.5. The van der Waals surface area contributed by atoms with Crippen LogP contribution in [0.1, 0.15) is 29.7 Å². The number of non-ortho nitro benzene ring substituents is 1. The molecule has 1 atom stereocenters. The standard InChI is InChI=1S/C16H17ClN2O2/c1-11-4-3-5-13(8-11)12(2)18-10-14-6-7-15(19(20)21)9-16(14)17/h3-9,12,18H,10H2,1-2H3/t12-/m1/s1. The fourth-order valence-corrected chi connectivity index (χ4v) is 2.36. The molecule has 0 heterocycles. The zero-order chi connectivity index (χ0) is 15.4. The van der Waals surface area contributed by atoms with Crippen molar-refractivity contribution in [2.45, 2.75) is 26.4 Å². The second-order valence-electron chi connectivity index (χ2n) is 5.05. The third-order valence-electron chi connectivity index (χ3n) is 3.39. The van der Waals surface area contributed by atoms with Gasteiger partial charge < -0.3 is 5.32 Å². The van der Waals surface area contributed by atoms with Crippen LogP contribution in [0.5, 0.6) is 0 Å². The Morgan fingerprint density at radius 2 is 2.05 bits per heavy atom. The van der Waals surface area contributed by atoms with Gasteiger partial charge in [-0.15, -0.1) is 0 Å². The summed E-state index contributed by atoms with van der Waals surface area (Å²) in [5, 5.41) is 14.5. The Balaban J connectivity index is 2.04. The largest absolute Gasteiger partial charge is 0.306 e. The molecule has 0 aliphatic heterocycles. The molecule has 1 N–H and O–H groups in total. The minimum Gasteiger partial charge on any atom is -0.306 e. The molecule has 0 spiro atoms. The first-order chi connectivity index (χ1) is 9.97. The van der Waals surface area contributed by atoms with Gasteiger partial charge in [0, 0.05) is 24.7 Å². The summed E-state index contributed by atoms with van der Waals surface area (Å²) in [6, 6.07) is 13.0. The van der Waals surface area contributed by atoms with Gasteiger partial charge in [0.25, 0.3) is 5.69 Å². The fraction of sp³-hybridized carbons (Fsp3) is 0.250. The van der Waals surface area contributed by atoms with Crippen molar-refractivity contribution in [2.75, 3.05) is 0 Å². The molecule has 0 fully saturated rings. The van der Waals surface area contributed by atoms with Crippen LogP contribution in [0.2, 0.25) is 5.02 Å². The van der Waals surface area contributed by atoms with Crippen molar-refractivity contribution in [3.63, 3.8) is 0 Å². The summed E-state index contributed by atoms with van der Waals surface area (Å²) in [5.74, 6) is 0. The van der Waals surface area contributed by atoms with Gasteiger partial charge in [-0.3, -0.25) is 10.1 Å². The molecule has 4 nitrogen and oxygen atoms in total. The van der Waals surface area contributed by atoms with E-state index in [0.29, 0.717) is 11.6 Å². The lowest BCUT2D eigenvalue weighted by Crippen LogP contribution is -2.18. The third-order valence-corrected chi connectivity index (χ3v) is 3.74. The zero-order valence-corrected chi connectivity index (χ0v) is 12.7. The van der Waals surface area contributed by atoms with Crippen molar-refractivity contribution < 1.29 is 4.92 Å². The molecule has 0 aliphatic rings. The first-order valence-electron chi connectivity index (χ1n) is 6.70. The van der Waals surface area contributed by atoms with Gasteiger partial charge in [-0.2, -0.15) is 0 Å². The van der Waals surface area contributed by atoms with Crippen molar-refractivity contribution >= 4 is 17.3 Å². The van der Waals surface area contributed by atoms with Crippen LogP contribution in [0.4, 0.5) is 5.69 Å². The van der Waals surface area contributed by atoms with Gasteiger partial charge in [-0.1, -0.05) is 41.4 Å². The molecule has 2 aromatic rings. The third kappa shape index (κ3) is 4.03. The van der Waals surface area contributed by atoms with E-state index < -0.39 is 4.92 Å². The van der Waals surface area contributed by atoms with Crippen LogP contribution in [0.25, 0.3) is 0 Å². The number of nitro groups is 1. The highest BCUT2D eigenvalue weighted by Crippen LogP contribution is 2.23. The summed E-state index contributed by atoms with van der Waals surface area (Å²) in [7, 11) is 0. The first-order valence-corrected chi connectivity index (χ1v) is 7.08. The number of nitrogens with one attached hydrogen (secondary N) is 1. The Morgan fingerprint density at radius 1 is 1.29 bits per heavy atom. The lowest BCUT2D eigenvalue weighted by atomic mass is 10.1. The molecule has 0 amide bonds. The highest BCUT2D eigenvalue weighted by Gasteiger charge is 2.11. The number of hydrogen-bond acceptors (Lipinski definition) is 3. The minimum atomic E-state index is -0.446. The lowest BCUT2D eigenvalue weighted by Gasteiger charge is -2.15. The second kappa shape index (κ2) is 6.70. The first kappa shape index (κ1) is 15.5. The molecule has 0 bridgehead atoms. The molecule has 21 heavy (non-hydrogen) atoms. The van der Waals surface area contributed by atoms with Gasteiger partial charge in [0.05, 0.1) is 9.95 Å². The van der Waals surface area contributed by atoms with Crippen LogP contribution in [-0.4, -0.2) is 4.92 Å². The Kier molecular flexibility index (Phi) is 4.94. The SMILES string of the molecule is Cc1cccc([C@@H](C)NCc2ccc([N+](=O)[O-])cc2Cl)c1. The van der Waals surface area contributed by atoms with Crippen LogP contribution in [0, 0.1) is 17.0 Å². The molecule has 0 saturated heterocycles. The maximum atomic E-state index is 10.7. The Morgan fingerprint density at radius 3 is 2.67 bits per heavy atom. The van der Waals surface area contributed by atoms with Gasteiger partial charge >= 0.3 is 0 Å². The van der Waals surface area contributed by atoms with Crippen LogP contribution >= 0.6 is 11.6 Å². The van der Waals surface area contributed by atoms with Gasteiger partial charge in [-0.05, 0) is 31.0 Å². The number of hydrogen-bond donors (Lipinski definition) is 1. The smallest absolute Gasteiger partial charge is 0.270 e. The molecule has 0 aromatic heterocycles. The van der Waals surface area contributed by atoms with Gasteiger partial charge in [0.1, 0.15) is 0 Å². The molecule has 110 valence electrons. The number of rotatable bonds is 5. The Hall–Kier alpha value is -1.91. The molecule has 0 unspecified atom stereocenters. The van der Waals surface area contributed by atoms with E-state index in [1.165, 1.54) is 23.3 Å². The fourth-order valence-electron chi connectivity index (χ4n) is 2.11. The van der Waals surface area contributed by atoms with E-state index in [-0.39, 0.29) is 11.7 Å². The van der Waals surface area contributed by atoms with Crippen LogP contribution in [0.15, 0.2) is 42.5 Å². The lowest BCUT2D eigenvalue weighted by molar-refractivity contribution is -0.384. The van der Waals surface area contributed by atoms with E-state index >= 15 is 0 Å². The normalized spacial score (nSPS) is 12.1. The second-order valence-corrected chi connectivity index (χ2v) is 5.46. The van der Waals surface area contributed by atoms with Gasteiger partial charge in [-0.25, -0.2) is 0 Å². The van der Waals surface area contributed by atoms with Crippen LogP contribution < -0.4 is 5.32 Å². The molecule has 0 radical (unpaired) electrons. The average molecular weight is 305 g/mol. The van der Waals surface area contributed by atoms with E-state index in [0.717, 1.165) is 5.56 Å². The Labute approximate surface area is 128 Å². The summed E-state index contributed by atoms with van der Waals surface area (Å²) in [4.78, 5) is 10.2. The maximum Gasteiger partial charge on any atom is 0.270 e. The summed E-state index contributed by atoms with van der Waals surface area (Å²) in [6.45, 7) is 4.70. The molecule has 2 aromatic carbocycles. The molecular formula is C16H17ClN2O2. The molecule has 2 rings (SSSR count). The molecular weight excluding hydrogens is 288 g/mol. The number of nitrogens with zero attached hydrogens (tertiary/aromatic N) is 1. The number of benzene rings is 2. The predicted molar refractivity (Wildman–Crippen MR) is 84.5 cm³/mol. The summed E-state index contributed by atoms with van der Waals surface area (Å²) in [6.07, 6.45) is 0. The van der Waals surface area contributed by atoms with Crippen molar-refractivity contribution in [1.82, 2.24) is 5.32 Å². The van der Waals surface area contributed by atoms with E-state index in [4.69, 9.17) is 11.6 Å². The summed E-state index contributed by atoms with van der Waals surface area (Å²) < 4.78 is 0. The quantitative estimate of drug-likeness (QED) is 0.657. The topological polar surface area (TPSA) is 55.2 Å². The van der Waals surface area contributed by atoms with Crippen molar-refractivity contribution in [2.24, 2.45) is 0 Å². The monoisotopic (exact) mass is 304 g/mol. The van der Waals surface area contributed by atoms with E-state index in [9.17, 15) is 10.1 Å². The average Bonchev–Trinajstić information content (AvgIpc) is 2.45. The summed E-state index contributed by atoms with van der Waals surface area (Å²) in [5.41, 5.74) is 3.28. The van der Waals surface area contributed by atoms with E-state index in [1.54, 1.807) is 6.07 Å². The van der Waals surface area contributed by atoms with E-state index in [2.05, 4.69) is 37.4 Å². The van der Waals surface area contributed by atoms with Gasteiger partial charge in [0.2, 0.25) is 0 Å². The number of halogens is 1.